The molecule has 0 aliphatic rings. The first kappa shape index (κ1) is 15.4. The van der Waals surface area contributed by atoms with E-state index in [1.807, 2.05) is 26.0 Å². The summed E-state index contributed by atoms with van der Waals surface area (Å²) >= 11 is 3.53. The van der Waals surface area contributed by atoms with Gasteiger partial charge in [0.25, 0.3) is 0 Å². The molecule has 0 heterocycles. The number of hydrogen-bond acceptors (Lipinski definition) is 1. The van der Waals surface area contributed by atoms with Gasteiger partial charge in [-0.25, -0.2) is 0 Å². The van der Waals surface area contributed by atoms with Crippen LogP contribution in [-0.2, 0) is 0 Å². The summed E-state index contributed by atoms with van der Waals surface area (Å²) in [6, 6.07) is 3.97. The van der Waals surface area contributed by atoms with Crippen LogP contribution >= 0.6 is 15.9 Å². The molecule has 0 aliphatic heterocycles. The average Bonchev–Trinajstić information content (AvgIpc) is 2.23. The molecule has 0 aromatic heterocycles. The molecule has 0 aliphatic carbocycles. The summed E-state index contributed by atoms with van der Waals surface area (Å²) in [6.45, 7) is 10.7. The molecule has 0 bridgehead atoms. The van der Waals surface area contributed by atoms with Gasteiger partial charge in [-0.05, 0) is 55.4 Å². The van der Waals surface area contributed by atoms with Gasteiger partial charge in [0, 0.05) is 16.5 Å². The first-order chi connectivity index (χ1) is 8.20. The van der Waals surface area contributed by atoms with Crippen molar-refractivity contribution in [2.75, 3.05) is 0 Å². The van der Waals surface area contributed by atoms with E-state index in [1.165, 1.54) is 0 Å². The Morgan fingerprint density at radius 1 is 1.17 bits per heavy atom. The van der Waals surface area contributed by atoms with Crippen molar-refractivity contribution in [1.82, 2.24) is 0 Å². The highest BCUT2D eigenvalue weighted by atomic mass is 79.9. The fourth-order valence-corrected chi connectivity index (χ4v) is 2.26. The van der Waals surface area contributed by atoms with Gasteiger partial charge in [-0.3, -0.25) is 4.79 Å². The van der Waals surface area contributed by atoms with Crippen molar-refractivity contribution in [2.24, 2.45) is 5.41 Å². The summed E-state index contributed by atoms with van der Waals surface area (Å²) in [7, 11) is 0. The number of halogens is 1. The van der Waals surface area contributed by atoms with Gasteiger partial charge >= 0.3 is 0 Å². The van der Waals surface area contributed by atoms with Crippen molar-refractivity contribution < 1.29 is 4.79 Å². The van der Waals surface area contributed by atoms with Crippen molar-refractivity contribution in [3.8, 4) is 0 Å². The molecule has 0 atom stereocenters. The van der Waals surface area contributed by atoms with Crippen LogP contribution < -0.4 is 0 Å². The molecule has 0 radical (unpaired) electrons. The first-order valence-corrected chi connectivity index (χ1v) is 7.30. The van der Waals surface area contributed by atoms with Crippen LogP contribution in [0.15, 0.2) is 16.6 Å². The number of carbonyl (C=O) groups excluding carboxylic acids is 1. The zero-order chi connectivity index (χ0) is 13.9. The average molecular weight is 311 g/mol. The largest absolute Gasteiger partial charge is 0.294 e. The first-order valence-electron chi connectivity index (χ1n) is 6.50. The van der Waals surface area contributed by atoms with Crippen LogP contribution in [0.25, 0.3) is 0 Å². The Hall–Kier alpha value is -0.630. The standard InChI is InChI=1S/C16H23BrO/c1-11-9-13(10-12(2)15(11)17)14(18)7-6-8-16(3,4)5/h9-10H,6-8H2,1-5H3. The summed E-state index contributed by atoms with van der Waals surface area (Å²) in [5.74, 6) is 0.262. The van der Waals surface area contributed by atoms with E-state index in [0.717, 1.165) is 34.0 Å². The summed E-state index contributed by atoms with van der Waals surface area (Å²) in [5.41, 5.74) is 3.43. The Labute approximate surface area is 119 Å². The third-order valence-corrected chi connectivity index (χ3v) is 4.34. The number of rotatable bonds is 4. The van der Waals surface area contributed by atoms with Gasteiger partial charge in [-0.15, -0.1) is 0 Å². The van der Waals surface area contributed by atoms with E-state index in [2.05, 4.69) is 36.7 Å². The second-order valence-corrected chi connectivity index (χ2v) is 7.05. The number of benzene rings is 1. The van der Waals surface area contributed by atoms with Gasteiger partial charge in [0.15, 0.2) is 5.78 Å². The number of hydrogen-bond donors (Lipinski definition) is 0. The second-order valence-electron chi connectivity index (χ2n) is 6.26. The molecule has 0 unspecified atom stereocenters. The zero-order valence-corrected chi connectivity index (χ0v) is 13.6. The maximum absolute atomic E-state index is 12.1. The Balaban J connectivity index is 2.68. The molecule has 1 rings (SSSR count). The topological polar surface area (TPSA) is 17.1 Å². The van der Waals surface area contributed by atoms with E-state index in [9.17, 15) is 4.79 Å². The van der Waals surface area contributed by atoms with Gasteiger partial charge in [-0.2, -0.15) is 0 Å². The quantitative estimate of drug-likeness (QED) is 0.674. The zero-order valence-electron chi connectivity index (χ0n) is 12.1. The molecule has 1 nitrogen and oxygen atoms in total. The molecule has 0 saturated heterocycles. The summed E-state index contributed by atoms with van der Waals surface area (Å²) < 4.78 is 1.11. The van der Waals surface area contributed by atoms with Crippen molar-refractivity contribution in [2.45, 2.75) is 53.9 Å². The Bertz CT molecular complexity index is 418. The molecule has 0 N–H and O–H groups in total. The van der Waals surface area contributed by atoms with E-state index in [1.54, 1.807) is 0 Å². The molecule has 1 aromatic carbocycles. The maximum atomic E-state index is 12.1. The van der Waals surface area contributed by atoms with Crippen LogP contribution in [0.1, 0.15) is 61.5 Å². The van der Waals surface area contributed by atoms with Crippen LogP contribution in [0.2, 0.25) is 0 Å². The van der Waals surface area contributed by atoms with Crippen molar-refractivity contribution >= 4 is 21.7 Å². The normalized spacial score (nSPS) is 11.7. The third kappa shape index (κ3) is 4.56. The van der Waals surface area contributed by atoms with Gasteiger partial charge < -0.3 is 0 Å². The third-order valence-electron chi connectivity index (χ3n) is 3.09. The molecule has 1 aromatic rings. The molecule has 2 heteroatoms. The predicted molar refractivity (Wildman–Crippen MR) is 81.3 cm³/mol. The molecular weight excluding hydrogens is 288 g/mol. The van der Waals surface area contributed by atoms with Gasteiger partial charge in [-0.1, -0.05) is 36.7 Å². The molecule has 100 valence electrons. The van der Waals surface area contributed by atoms with E-state index >= 15 is 0 Å². The van der Waals surface area contributed by atoms with Crippen LogP contribution in [-0.4, -0.2) is 5.78 Å². The highest BCUT2D eigenvalue weighted by Crippen LogP contribution is 2.25. The minimum atomic E-state index is 0.262. The molecule has 0 fully saturated rings. The minimum absolute atomic E-state index is 0.262. The molecule has 18 heavy (non-hydrogen) atoms. The van der Waals surface area contributed by atoms with Crippen molar-refractivity contribution in [3.05, 3.63) is 33.3 Å². The molecule has 0 spiro atoms. The SMILES string of the molecule is Cc1cc(C(=O)CCCC(C)(C)C)cc(C)c1Br. The Morgan fingerprint density at radius 3 is 2.11 bits per heavy atom. The fraction of sp³-hybridized carbons (Fsp3) is 0.562. The van der Waals surface area contributed by atoms with E-state index < -0.39 is 0 Å². The van der Waals surface area contributed by atoms with Crippen LogP contribution in [0.4, 0.5) is 0 Å². The van der Waals surface area contributed by atoms with E-state index in [0.29, 0.717) is 11.8 Å². The van der Waals surface area contributed by atoms with Crippen LogP contribution in [0, 0.1) is 19.3 Å². The summed E-state index contributed by atoms with van der Waals surface area (Å²) in [6.07, 6.45) is 2.71. The lowest BCUT2D eigenvalue weighted by Gasteiger charge is -2.17. The van der Waals surface area contributed by atoms with Gasteiger partial charge in [0.1, 0.15) is 0 Å². The molecular formula is C16H23BrO. The number of aryl methyl sites for hydroxylation is 2. The Morgan fingerprint density at radius 2 is 1.67 bits per heavy atom. The lowest BCUT2D eigenvalue weighted by atomic mass is 9.89. The van der Waals surface area contributed by atoms with E-state index in [-0.39, 0.29) is 5.78 Å². The Kier molecular flexibility index (Phi) is 5.15. The number of ketones is 1. The van der Waals surface area contributed by atoms with Crippen LogP contribution in [0.3, 0.4) is 0 Å². The summed E-state index contributed by atoms with van der Waals surface area (Å²) in [5, 5.41) is 0. The smallest absolute Gasteiger partial charge is 0.162 e. The van der Waals surface area contributed by atoms with Gasteiger partial charge in [0.2, 0.25) is 0 Å². The minimum Gasteiger partial charge on any atom is -0.294 e. The summed E-state index contributed by atoms with van der Waals surface area (Å²) in [4.78, 5) is 12.1. The lowest BCUT2D eigenvalue weighted by Crippen LogP contribution is -2.07. The van der Waals surface area contributed by atoms with Crippen LogP contribution in [0.5, 0.6) is 0 Å². The highest BCUT2D eigenvalue weighted by molar-refractivity contribution is 9.10. The lowest BCUT2D eigenvalue weighted by molar-refractivity contribution is 0.0975. The van der Waals surface area contributed by atoms with Crippen molar-refractivity contribution in [1.29, 1.82) is 0 Å². The predicted octanol–water partition coefficient (Wildman–Crippen LogP) is 5.47. The molecule has 0 saturated carbocycles. The maximum Gasteiger partial charge on any atom is 0.162 e. The fourth-order valence-electron chi connectivity index (χ4n) is 2.03. The highest BCUT2D eigenvalue weighted by Gasteiger charge is 2.13. The molecule has 0 amide bonds. The monoisotopic (exact) mass is 310 g/mol. The second kappa shape index (κ2) is 6.01. The number of carbonyl (C=O) groups is 1. The van der Waals surface area contributed by atoms with Crippen molar-refractivity contribution in [3.63, 3.8) is 0 Å². The van der Waals surface area contributed by atoms with E-state index in [4.69, 9.17) is 0 Å². The van der Waals surface area contributed by atoms with Gasteiger partial charge in [0.05, 0.1) is 0 Å². The number of Topliss-reactive ketones (excluding diaryl/α,β-unsaturated/α-hetero) is 1.